The minimum absolute atomic E-state index is 0.157. The number of aryl methyl sites for hydroxylation is 1. The van der Waals surface area contributed by atoms with E-state index in [2.05, 4.69) is 15.4 Å². The summed E-state index contributed by atoms with van der Waals surface area (Å²) in [5.74, 6) is -0.323. The fourth-order valence-electron chi connectivity index (χ4n) is 2.05. The highest BCUT2D eigenvalue weighted by Gasteiger charge is 2.09. The van der Waals surface area contributed by atoms with Crippen molar-refractivity contribution in [1.82, 2.24) is 20.1 Å². The number of benzene rings is 1. The summed E-state index contributed by atoms with van der Waals surface area (Å²) < 4.78 is 16.4. The fourth-order valence-corrected chi connectivity index (χ4v) is 4.07. The first kappa shape index (κ1) is 16.5. The van der Waals surface area contributed by atoms with Gasteiger partial charge in [-0.1, -0.05) is 11.8 Å². The highest BCUT2D eigenvalue weighted by atomic mass is 32.2. The van der Waals surface area contributed by atoms with Gasteiger partial charge in [0, 0.05) is 23.7 Å². The van der Waals surface area contributed by atoms with E-state index in [0.29, 0.717) is 5.01 Å². The Morgan fingerprint density at radius 1 is 1.38 bits per heavy atom. The van der Waals surface area contributed by atoms with Gasteiger partial charge in [-0.05, 0) is 23.8 Å². The van der Waals surface area contributed by atoms with Gasteiger partial charge in [0.05, 0.1) is 23.1 Å². The molecule has 0 saturated heterocycles. The molecule has 0 fully saturated rings. The van der Waals surface area contributed by atoms with Gasteiger partial charge in [0.25, 0.3) is 0 Å². The molecule has 0 unspecified atom stereocenters. The summed E-state index contributed by atoms with van der Waals surface area (Å²) >= 11 is 2.75. The third-order valence-corrected chi connectivity index (χ3v) is 5.12. The maximum Gasteiger partial charge on any atom is 0.405 e. The van der Waals surface area contributed by atoms with Crippen LogP contribution in [0.4, 0.5) is 9.18 Å². The van der Waals surface area contributed by atoms with E-state index < -0.39 is 6.09 Å². The van der Waals surface area contributed by atoms with E-state index >= 15 is 0 Å². The maximum atomic E-state index is 13.9. The van der Waals surface area contributed by atoms with Crippen LogP contribution in [-0.2, 0) is 13.6 Å². The average Bonchev–Trinajstić information content (AvgIpc) is 3.13. The minimum Gasteiger partial charge on any atom is -0.465 e. The number of hydrogen-bond acceptors (Lipinski definition) is 5. The summed E-state index contributed by atoms with van der Waals surface area (Å²) in [6.45, 7) is 0.157. The largest absolute Gasteiger partial charge is 0.465 e. The Labute approximate surface area is 145 Å². The van der Waals surface area contributed by atoms with Crippen molar-refractivity contribution < 1.29 is 14.3 Å². The number of nitrogens with one attached hydrogen (secondary N) is 1. The second-order valence-electron chi connectivity index (χ2n) is 4.91. The zero-order valence-electron chi connectivity index (χ0n) is 12.6. The lowest BCUT2D eigenvalue weighted by molar-refractivity contribution is 0.194. The van der Waals surface area contributed by atoms with Gasteiger partial charge in [0.1, 0.15) is 10.8 Å². The van der Waals surface area contributed by atoms with Crippen LogP contribution in [0.25, 0.3) is 11.1 Å². The first-order valence-corrected chi connectivity index (χ1v) is 8.52. The average molecular weight is 364 g/mol. The number of nitrogens with zero attached hydrogens (tertiary/aromatic N) is 3. The number of halogens is 1. The van der Waals surface area contributed by atoms with Crippen LogP contribution < -0.4 is 5.32 Å². The van der Waals surface area contributed by atoms with Crippen LogP contribution in [0.5, 0.6) is 0 Å². The summed E-state index contributed by atoms with van der Waals surface area (Å²) in [5.41, 5.74) is 1.59. The van der Waals surface area contributed by atoms with Crippen LogP contribution in [0.3, 0.4) is 0 Å². The number of aromatic nitrogens is 3. The molecule has 0 atom stereocenters. The summed E-state index contributed by atoms with van der Waals surface area (Å²) in [6, 6.07) is 4.81. The molecule has 1 amide bonds. The molecule has 0 spiro atoms. The number of carboxylic acid groups (broad SMARTS) is 1. The molecule has 0 saturated carbocycles. The molecule has 2 N–H and O–H groups in total. The predicted octanol–water partition coefficient (Wildman–Crippen LogP) is 3.60. The number of rotatable bonds is 5. The second kappa shape index (κ2) is 7.02. The van der Waals surface area contributed by atoms with E-state index in [9.17, 15) is 9.18 Å². The number of hydrogen-bond donors (Lipinski definition) is 2. The SMILES string of the molecule is Cn1cc(-c2cc(F)cc(Sc3cnc(CNC(=O)O)s3)c2)cn1. The molecule has 6 nitrogen and oxygen atoms in total. The molecule has 0 aliphatic carbocycles. The lowest BCUT2D eigenvalue weighted by Gasteiger charge is -2.03. The van der Waals surface area contributed by atoms with Gasteiger partial charge < -0.3 is 10.4 Å². The van der Waals surface area contributed by atoms with Crippen LogP contribution >= 0.6 is 23.1 Å². The normalized spacial score (nSPS) is 10.8. The molecule has 2 heterocycles. The monoisotopic (exact) mass is 364 g/mol. The molecule has 9 heteroatoms. The Morgan fingerprint density at radius 3 is 2.92 bits per heavy atom. The van der Waals surface area contributed by atoms with E-state index in [4.69, 9.17) is 5.11 Å². The molecular formula is C15H13FN4O2S2. The third-order valence-electron chi connectivity index (χ3n) is 3.05. The van der Waals surface area contributed by atoms with Crippen molar-refractivity contribution in [1.29, 1.82) is 0 Å². The molecular weight excluding hydrogens is 351 g/mol. The van der Waals surface area contributed by atoms with Crippen molar-refractivity contribution in [3.63, 3.8) is 0 Å². The number of amides is 1. The topological polar surface area (TPSA) is 80.0 Å². The van der Waals surface area contributed by atoms with E-state index in [0.717, 1.165) is 20.2 Å². The van der Waals surface area contributed by atoms with Crippen molar-refractivity contribution in [3.8, 4) is 11.1 Å². The Kier molecular flexibility index (Phi) is 4.81. The lowest BCUT2D eigenvalue weighted by atomic mass is 10.1. The molecule has 0 aliphatic rings. The van der Waals surface area contributed by atoms with E-state index in [1.165, 1.54) is 35.2 Å². The Hall–Kier alpha value is -2.39. The Balaban J connectivity index is 1.78. The molecule has 3 aromatic rings. The standard InChI is InChI=1S/C15H13FN4O2S2/c1-20-8-10(5-19-20)9-2-11(16)4-12(3-9)23-14-7-17-13(24-14)6-18-15(21)22/h2-5,7-8,18H,6H2,1H3,(H,21,22). The van der Waals surface area contributed by atoms with Crippen LogP contribution in [-0.4, -0.2) is 26.0 Å². The fraction of sp³-hybridized carbons (Fsp3) is 0.133. The number of thiazole rings is 1. The highest BCUT2D eigenvalue weighted by molar-refractivity contribution is 8.01. The molecule has 0 radical (unpaired) electrons. The van der Waals surface area contributed by atoms with E-state index in [1.54, 1.807) is 17.1 Å². The van der Waals surface area contributed by atoms with Crippen LogP contribution in [0.15, 0.2) is 45.9 Å². The first-order valence-electron chi connectivity index (χ1n) is 6.88. The third kappa shape index (κ3) is 4.12. The molecule has 1 aromatic carbocycles. The summed E-state index contributed by atoms with van der Waals surface area (Å²) in [6.07, 6.45) is 4.07. The van der Waals surface area contributed by atoms with Gasteiger partial charge in [-0.25, -0.2) is 14.2 Å². The molecule has 0 aliphatic heterocycles. The summed E-state index contributed by atoms with van der Waals surface area (Å²) in [7, 11) is 1.81. The van der Waals surface area contributed by atoms with Crippen molar-refractivity contribution in [3.05, 3.63) is 47.6 Å². The Morgan fingerprint density at radius 2 is 2.21 bits per heavy atom. The minimum atomic E-state index is -1.09. The van der Waals surface area contributed by atoms with E-state index in [1.807, 2.05) is 19.3 Å². The lowest BCUT2D eigenvalue weighted by Crippen LogP contribution is -2.19. The summed E-state index contributed by atoms with van der Waals surface area (Å²) in [4.78, 5) is 15.4. The zero-order chi connectivity index (χ0) is 17.1. The summed E-state index contributed by atoms with van der Waals surface area (Å²) in [5, 5.41) is 15.6. The van der Waals surface area contributed by atoms with Gasteiger partial charge in [-0.2, -0.15) is 5.10 Å². The maximum absolute atomic E-state index is 13.9. The van der Waals surface area contributed by atoms with Gasteiger partial charge in [-0.15, -0.1) is 11.3 Å². The van der Waals surface area contributed by atoms with Crippen molar-refractivity contribution in [2.45, 2.75) is 15.6 Å². The smallest absolute Gasteiger partial charge is 0.405 e. The predicted molar refractivity (Wildman–Crippen MR) is 89.7 cm³/mol. The number of carbonyl (C=O) groups is 1. The molecule has 24 heavy (non-hydrogen) atoms. The van der Waals surface area contributed by atoms with Gasteiger partial charge >= 0.3 is 6.09 Å². The zero-order valence-corrected chi connectivity index (χ0v) is 14.2. The first-order chi connectivity index (χ1) is 11.5. The molecule has 3 rings (SSSR count). The van der Waals surface area contributed by atoms with Crippen LogP contribution in [0.1, 0.15) is 5.01 Å². The van der Waals surface area contributed by atoms with Crippen molar-refractivity contribution >= 4 is 29.2 Å². The van der Waals surface area contributed by atoms with Gasteiger partial charge in [0.15, 0.2) is 0 Å². The van der Waals surface area contributed by atoms with Crippen molar-refractivity contribution in [2.24, 2.45) is 7.05 Å². The van der Waals surface area contributed by atoms with Crippen LogP contribution in [0, 0.1) is 5.82 Å². The Bertz CT molecular complexity index is 878. The molecule has 0 bridgehead atoms. The van der Waals surface area contributed by atoms with E-state index in [-0.39, 0.29) is 12.4 Å². The van der Waals surface area contributed by atoms with Gasteiger partial charge in [-0.3, -0.25) is 4.68 Å². The quantitative estimate of drug-likeness (QED) is 0.723. The van der Waals surface area contributed by atoms with Crippen LogP contribution in [0.2, 0.25) is 0 Å². The molecule has 124 valence electrons. The highest BCUT2D eigenvalue weighted by Crippen LogP contribution is 2.34. The molecule has 2 aromatic heterocycles. The van der Waals surface area contributed by atoms with Gasteiger partial charge in [0.2, 0.25) is 0 Å². The second-order valence-corrected chi connectivity index (χ2v) is 7.40. The van der Waals surface area contributed by atoms with Crippen molar-refractivity contribution in [2.75, 3.05) is 0 Å².